The van der Waals surface area contributed by atoms with E-state index in [1.165, 1.54) is 0 Å². The number of hydrogen-bond donors (Lipinski definition) is 4. The molecule has 4 heterocycles. The number of pyridine rings is 2. The molecule has 0 amide bonds. The second-order valence-electron chi connectivity index (χ2n) is 12.1. The van der Waals surface area contributed by atoms with Crippen molar-refractivity contribution >= 4 is 23.2 Å². The summed E-state index contributed by atoms with van der Waals surface area (Å²) >= 11 is 6.59. The number of aromatic amines is 1. The Kier molecular flexibility index (Phi) is 9.04. The first-order valence-electron chi connectivity index (χ1n) is 15.2. The summed E-state index contributed by atoms with van der Waals surface area (Å²) in [6.07, 6.45) is 9.23. The Morgan fingerprint density at radius 1 is 1.14 bits per heavy atom. The summed E-state index contributed by atoms with van der Waals surface area (Å²) in [6.45, 7) is 4.54. The van der Waals surface area contributed by atoms with Crippen molar-refractivity contribution in [1.29, 1.82) is 5.26 Å². The van der Waals surface area contributed by atoms with Gasteiger partial charge < -0.3 is 25.4 Å². The molecule has 3 aromatic rings. The minimum absolute atomic E-state index is 0.235. The number of H-pyrrole nitrogens is 1. The molecule has 12 nitrogen and oxygen atoms in total. The lowest BCUT2D eigenvalue weighted by Gasteiger charge is -2.32. The van der Waals surface area contributed by atoms with Crippen molar-refractivity contribution in [2.24, 2.45) is 5.41 Å². The molecular formula is C30H39ClN10O2. The van der Waals surface area contributed by atoms with E-state index >= 15 is 0 Å². The Bertz CT molecular complexity index is 1400. The molecule has 228 valence electrons. The summed E-state index contributed by atoms with van der Waals surface area (Å²) in [6, 6.07) is 11.3. The fourth-order valence-corrected chi connectivity index (χ4v) is 6.20. The Hall–Kier alpha value is -3.37. The van der Waals surface area contributed by atoms with Gasteiger partial charge in [-0.25, -0.2) is 9.97 Å². The zero-order chi connectivity index (χ0) is 29.7. The molecule has 3 fully saturated rings. The average molecular weight is 607 g/mol. The van der Waals surface area contributed by atoms with Gasteiger partial charge in [0.1, 0.15) is 17.2 Å². The Morgan fingerprint density at radius 3 is 2.65 bits per heavy atom. The monoisotopic (exact) mass is 606 g/mol. The number of aromatic nitrogens is 6. The van der Waals surface area contributed by atoms with Gasteiger partial charge in [-0.1, -0.05) is 22.9 Å². The molecule has 43 heavy (non-hydrogen) atoms. The third-order valence-electron chi connectivity index (χ3n) is 8.84. The van der Waals surface area contributed by atoms with Crippen LogP contribution in [0.5, 0.6) is 0 Å². The van der Waals surface area contributed by atoms with Crippen molar-refractivity contribution in [3.8, 4) is 17.3 Å². The summed E-state index contributed by atoms with van der Waals surface area (Å²) in [5, 5.41) is 35.5. The lowest BCUT2D eigenvalue weighted by atomic mass is 9.82. The average Bonchev–Trinajstić information content (AvgIpc) is 3.62. The summed E-state index contributed by atoms with van der Waals surface area (Å²) < 4.78 is 11.7. The van der Waals surface area contributed by atoms with Crippen LogP contribution in [-0.2, 0) is 15.1 Å². The van der Waals surface area contributed by atoms with Crippen molar-refractivity contribution in [3.05, 3.63) is 41.3 Å². The lowest BCUT2D eigenvalue weighted by molar-refractivity contribution is 0.0105. The van der Waals surface area contributed by atoms with Crippen molar-refractivity contribution < 1.29 is 9.47 Å². The maximum Gasteiger partial charge on any atom is 0.206 e. The van der Waals surface area contributed by atoms with E-state index in [-0.39, 0.29) is 11.6 Å². The van der Waals surface area contributed by atoms with Gasteiger partial charge in [-0.15, -0.1) is 10.2 Å². The van der Waals surface area contributed by atoms with Crippen LogP contribution < -0.4 is 16.0 Å². The number of anilines is 2. The second-order valence-corrected chi connectivity index (χ2v) is 12.5. The molecule has 6 rings (SSSR count). The molecule has 0 bridgehead atoms. The summed E-state index contributed by atoms with van der Waals surface area (Å²) in [4.78, 5) is 9.36. The lowest BCUT2D eigenvalue weighted by Crippen LogP contribution is -2.43. The summed E-state index contributed by atoms with van der Waals surface area (Å²) in [5.41, 5.74) is 0.794. The molecule has 0 aromatic carbocycles. The normalized spacial score (nSPS) is 23.2. The predicted molar refractivity (Wildman–Crippen MR) is 162 cm³/mol. The fraction of sp³-hybridized carbons (Fsp3) is 0.600. The number of rotatable bonds is 12. The van der Waals surface area contributed by atoms with Crippen LogP contribution in [0.3, 0.4) is 0 Å². The third-order valence-corrected chi connectivity index (χ3v) is 9.14. The number of hydrogen-bond acceptors (Lipinski definition) is 11. The van der Waals surface area contributed by atoms with E-state index in [1.807, 2.05) is 24.3 Å². The van der Waals surface area contributed by atoms with Gasteiger partial charge in [-0.05, 0) is 76.5 Å². The largest absolute Gasteiger partial charge is 0.381 e. The molecule has 0 unspecified atom stereocenters. The third kappa shape index (κ3) is 7.24. The van der Waals surface area contributed by atoms with E-state index in [0.717, 1.165) is 68.4 Å². The Balaban J connectivity index is 0.994. The highest BCUT2D eigenvalue weighted by Crippen LogP contribution is 2.47. The van der Waals surface area contributed by atoms with Crippen molar-refractivity contribution in [3.63, 3.8) is 0 Å². The van der Waals surface area contributed by atoms with Gasteiger partial charge in [0.05, 0.1) is 28.8 Å². The molecule has 1 aliphatic heterocycles. The first-order valence-corrected chi connectivity index (χ1v) is 15.6. The first-order chi connectivity index (χ1) is 21.0. The van der Waals surface area contributed by atoms with Crippen LogP contribution in [0.1, 0.15) is 64.1 Å². The molecule has 2 saturated carbocycles. The van der Waals surface area contributed by atoms with Crippen LogP contribution in [0.2, 0.25) is 5.02 Å². The van der Waals surface area contributed by atoms with Gasteiger partial charge in [0.15, 0.2) is 0 Å². The molecule has 0 spiro atoms. The zero-order valence-corrected chi connectivity index (χ0v) is 25.2. The van der Waals surface area contributed by atoms with Crippen LogP contribution >= 0.6 is 11.6 Å². The zero-order valence-electron chi connectivity index (χ0n) is 24.5. The highest BCUT2D eigenvalue weighted by molar-refractivity contribution is 6.33. The summed E-state index contributed by atoms with van der Waals surface area (Å²) in [7, 11) is 0. The molecule has 13 heteroatoms. The van der Waals surface area contributed by atoms with Gasteiger partial charge in [-0.2, -0.15) is 10.5 Å². The highest BCUT2D eigenvalue weighted by atomic mass is 35.5. The molecule has 3 aliphatic rings. The molecule has 2 aliphatic carbocycles. The molecule has 0 radical (unpaired) electrons. The van der Waals surface area contributed by atoms with E-state index in [0.29, 0.717) is 55.1 Å². The van der Waals surface area contributed by atoms with Crippen LogP contribution in [-0.4, -0.2) is 75.1 Å². The van der Waals surface area contributed by atoms with Crippen LogP contribution in [0.4, 0.5) is 11.6 Å². The molecule has 3 aromatic heterocycles. The molecule has 4 N–H and O–H groups in total. The first kappa shape index (κ1) is 29.7. The van der Waals surface area contributed by atoms with Gasteiger partial charge >= 0.3 is 0 Å². The van der Waals surface area contributed by atoms with E-state index < -0.39 is 5.41 Å². The molecule has 1 atom stereocenters. The number of nitrogens with zero attached hydrogens (tertiary/aromatic N) is 6. The number of nitriles is 1. The van der Waals surface area contributed by atoms with Crippen LogP contribution in [0.25, 0.3) is 11.3 Å². The predicted octanol–water partition coefficient (Wildman–Crippen LogP) is 4.45. The topological polar surface area (TPSA) is 159 Å². The SMILES string of the molecule is C[C@H](COC1(c2nn[nH]n2)CC1)N[C@H]1CC[C@H](Nc2cc(-c3cccc(NCC4(C#N)CCOCC4)n3)c(Cl)cn2)CC1. The number of tetrazole rings is 1. The fourth-order valence-electron chi connectivity index (χ4n) is 6.00. The molecular weight excluding hydrogens is 568 g/mol. The van der Waals surface area contributed by atoms with Crippen molar-refractivity contribution in [2.45, 2.75) is 82.0 Å². The van der Waals surface area contributed by atoms with Crippen molar-refractivity contribution in [1.82, 2.24) is 35.9 Å². The van der Waals surface area contributed by atoms with Crippen LogP contribution in [0, 0.1) is 16.7 Å². The summed E-state index contributed by atoms with van der Waals surface area (Å²) in [5.74, 6) is 2.16. The number of halogens is 1. The highest BCUT2D eigenvalue weighted by Gasteiger charge is 2.50. The number of ether oxygens (including phenoxy) is 2. The van der Waals surface area contributed by atoms with Gasteiger partial charge in [0, 0.05) is 49.6 Å². The second kappa shape index (κ2) is 13.1. The standard InChI is InChI=1S/C30H39ClN10O2/c1-20(17-43-30(9-10-30)28-38-40-41-39-28)35-21-5-7-22(8-6-21)36-27-15-23(24(31)16-33-27)25-3-2-4-26(37-25)34-19-29(18-32)11-13-42-14-12-29/h2-4,15-16,20-22,35H,5-14,17,19H2,1H3,(H,33,36)(H,34,37)(H,38,39,40,41)/t20-,21-,22-/m1/s1. The van der Waals surface area contributed by atoms with E-state index in [9.17, 15) is 5.26 Å². The quantitative estimate of drug-likeness (QED) is 0.231. The number of nitrogens with one attached hydrogen (secondary N) is 4. The van der Waals surface area contributed by atoms with Gasteiger partial charge in [0.25, 0.3) is 0 Å². The van der Waals surface area contributed by atoms with Crippen LogP contribution in [0.15, 0.2) is 30.5 Å². The van der Waals surface area contributed by atoms with E-state index in [2.05, 4.69) is 54.6 Å². The smallest absolute Gasteiger partial charge is 0.206 e. The maximum absolute atomic E-state index is 9.77. The van der Waals surface area contributed by atoms with Crippen molar-refractivity contribution in [2.75, 3.05) is 37.0 Å². The maximum atomic E-state index is 9.77. The Labute approximate surface area is 256 Å². The van der Waals surface area contributed by atoms with Gasteiger partial charge in [0.2, 0.25) is 5.82 Å². The molecule has 1 saturated heterocycles. The van der Waals surface area contributed by atoms with E-state index in [1.54, 1.807) is 6.20 Å². The Morgan fingerprint density at radius 2 is 1.93 bits per heavy atom. The van der Waals surface area contributed by atoms with Gasteiger partial charge in [-0.3, -0.25) is 0 Å². The van der Waals surface area contributed by atoms with E-state index in [4.69, 9.17) is 26.1 Å². The minimum atomic E-state index is -0.433. The minimum Gasteiger partial charge on any atom is -0.381 e.